The van der Waals surface area contributed by atoms with Gasteiger partial charge in [0, 0.05) is 15.9 Å². The number of ketones is 1. The van der Waals surface area contributed by atoms with Crippen molar-refractivity contribution in [1.82, 2.24) is 0 Å². The lowest BCUT2D eigenvalue weighted by atomic mass is 10.3. The van der Waals surface area contributed by atoms with Gasteiger partial charge in [-0.2, -0.15) is 13.2 Å². The highest BCUT2D eigenvalue weighted by Crippen LogP contribution is 2.25. The van der Waals surface area contributed by atoms with Gasteiger partial charge in [-0.05, 0) is 11.4 Å². The number of hydrogen-bond donors (Lipinski definition) is 1. The Bertz CT molecular complexity index is 351. The second-order valence-corrected chi connectivity index (χ2v) is 3.80. The molecule has 0 atom stereocenters. The van der Waals surface area contributed by atoms with Gasteiger partial charge in [0.15, 0.2) is 0 Å². The summed E-state index contributed by atoms with van der Waals surface area (Å²) in [4.78, 5) is 11.1. The van der Waals surface area contributed by atoms with E-state index < -0.39 is 12.0 Å². The van der Waals surface area contributed by atoms with Crippen LogP contribution in [0.3, 0.4) is 0 Å². The predicted octanol–water partition coefficient (Wildman–Crippen LogP) is 3.15. The molecule has 0 spiro atoms. The van der Waals surface area contributed by atoms with Crippen LogP contribution in [0.5, 0.6) is 0 Å². The van der Waals surface area contributed by atoms with E-state index in [1.54, 1.807) is 17.5 Å². The molecule has 0 aromatic carbocycles. The highest BCUT2D eigenvalue weighted by molar-refractivity contribution is 7.90. The number of thiophene rings is 1. The van der Waals surface area contributed by atoms with Gasteiger partial charge in [0.2, 0.25) is 0 Å². The summed E-state index contributed by atoms with van der Waals surface area (Å²) in [5.74, 6) is -1.89. The van der Waals surface area contributed by atoms with E-state index in [1.807, 2.05) is 0 Å². The van der Waals surface area contributed by atoms with E-state index >= 15 is 0 Å². The van der Waals surface area contributed by atoms with Crippen molar-refractivity contribution < 1.29 is 18.0 Å². The average molecular weight is 238 g/mol. The fraction of sp³-hybridized carbons (Fsp3) is 0.125. The van der Waals surface area contributed by atoms with Gasteiger partial charge < -0.3 is 0 Å². The van der Waals surface area contributed by atoms with Crippen molar-refractivity contribution in [2.45, 2.75) is 6.18 Å². The highest BCUT2D eigenvalue weighted by Gasteiger charge is 2.36. The molecule has 1 rings (SSSR count). The Balaban J connectivity index is 2.85. The number of hydrogen-bond acceptors (Lipinski definition) is 3. The van der Waals surface area contributed by atoms with Crippen LogP contribution in [-0.4, -0.2) is 12.0 Å². The van der Waals surface area contributed by atoms with E-state index in [2.05, 4.69) is 12.6 Å². The maximum atomic E-state index is 11.8. The third kappa shape index (κ3) is 2.88. The quantitative estimate of drug-likeness (QED) is 0.618. The average Bonchev–Trinajstić information content (AvgIpc) is 2.53. The third-order valence-corrected chi connectivity index (χ3v) is 2.75. The van der Waals surface area contributed by atoms with E-state index in [4.69, 9.17) is 0 Å². The maximum Gasteiger partial charge on any atom is 0.454 e. The fourth-order valence-corrected chi connectivity index (χ4v) is 1.69. The van der Waals surface area contributed by atoms with Crippen molar-refractivity contribution >= 4 is 34.7 Å². The second kappa shape index (κ2) is 4.18. The van der Waals surface area contributed by atoms with Gasteiger partial charge in [-0.3, -0.25) is 4.79 Å². The fourth-order valence-electron chi connectivity index (χ4n) is 0.701. The number of carbonyl (C=O) groups excluding carboxylic acids is 1. The molecular weight excluding hydrogens is 233 g/mol. The molecule has 0 aliphatic heterocycles. The van der Waals surface area contributed by atoms with Crippen molar-refractivity contribution in [3.05, 3.63) is 28.5 Å². The van der Waals surface area contributed by atoms with Crippen LogP contribution in [-0.2, 0) is 4.79 Å². The standard InChI is InChI=1S/C8H5F3OS2/c9-8(10,11)7(12)4-5(13)6-2-1-3-14-6/h1-4,13H/b5-4-. The van der Waals surface area contributed by atoms with Gasteiger partial charge >= 0.3 is 6.18 Å². The smallest absolute Gasteiger partial charge is 0.285 e. The van der Waals surface area contributed by atoms with E-state index in [1.165, 1.54) is 11.3 Å². The Labute approximate surface area is 87.7 Å². The lowest BCUT2D eigenvalue weighted by molar-refractivity contribution is -0.165. The molecule has 1 nitrogen and oxygen atoms in total. The van der Waals surface area contributed by atoms with Crippen molar-refractivity contribution in [2.75, 3.05) is 0 Å². The van der Waals surface area contributed by atoms with Crippen LogP contribution in [0.4, 0.5) is 13.2 Å². The first kappa shape index (κ1) is 11.3. The molecule has 0 fully saturated rings. The minimum atomic E-state index is -4.83. The largest absolute Gasteiger partial charge is 0.454 e. The van der Waals surface area contributed by atoms with Gasteiger partial charge in [-0.1, -0.05) is 6.07 Å². The lowest BCUT2D eigenvalue weighted by Crippen LogP contribution is -2.20. The van der Waals surface area contributed by atoms with Gasteiger partial charge in [0.25, 0.3) is 5.78 Å². The molecule has 6 heteroatoms. The highest BCUT2D eigenvalue weighted by atomic mass is 32.1. The summed E-state index contributed by atoms with van der Waals surface area (Å²) in [6, 6.07) is 3.26. The van der Waals surface area contributed by atoms with Crippen molar-refractivity contribution in [3.63, 3.8) is 0 Å². The van der Waals surface area contributed by atoms with E-state index in [0.717, 1.165) is 0 Å². The molecule has 76 valence electrons. The van der Waals surface area contributed by atoms with Crippen LogP contribution < -0.4 is 0 Å². The first-order valence-corrected chi connectivity index (χ1v) is 4.79. The molecule has 0 saturated heterocycles. The Morgan fingerprint density at radius 1 is 1.50 bits per heavy atom. The van der Waals surface area contributed by atoms with Crippen LogP contribution in [0.1, 0.15) is 4.88 Å². The summed E-state index contributed by atoms with van der Waals surface area (Å²) in [5.41, 5.74) is 0. The molecule has 0 aliphatic rings. The lowest BCUT2D eigenvalue weighted by Gasteiger charge is -2.00. The molecule has 0 unspecified atom stereocenters. The van der Waals surface area contributed by atoms with Gasteiger partial charge in [0.1, 0.15) is 0 Å². The molecule has 0 aliphatic carbocycles. The van der Waals surface area contributed by atoms with Crippen molar-refractivity contribution in [2.24, 2.45) is 0 Å². The minimum Gasteiger partial charge on any atom is -0.285 e. The maximum absolute atomic E-state index is 11.8. The summed E-state index contributed by atoms with van der Waals surface area (Å²) in [6.45, 7) is 0. The Morgan fingerprint density at radius 2 is 2.14 bits per heavy atom. The van der Waals surface area contributed by atoms with Crippen molar-refractivity contribution in [3.8, 4) is 0 Å². The SMILES string of the molecule is O=C(/C=C(\S)c1cccs1)C(F)(F)F. The van der Waals surface area contributed by atoms with Crippen LogP contribution in [0.2, 0.25) is 0 Å². The summed E-state index contributed by atoms with van der Waals surface area (Å²) >= 11 is 5.03. The van der Waals surface area contributed by atoms with Crippen LogP contribution >= 0.6 is 24.0 Å². The number of alkyl halides is 3. The molecule has 0 saturated carbocycles. The Morgan fingerprint density at radius 3 is 2.57 bits per heavy atom. The second-order valence-electron chi connectivity index (χ2n) is 2.37. The molecule has 0 radical (unpaired) electrons. The molecule has 14 heavy (non-hydrogen) atoms. The number of halogens is 3. The monoisotopic (exact) mass is 238 g/mol. The molecule has 0 bridgehead atoms. The molecule has 0 N–H and O–H groups in total. The van der Waals surface area contributed by atoms with E-state index in [9.17, 15) is 18.0 Å². The zero-order valence-corrected chi connectivity index (χ0v) is 8.42. The normalized spacial score (nSPS) is 13.0. The zero-order chi connectivity index (χ0) is 10.8. The summed E-state index contributed by atoms with van der Waals surface area (Å²) in [6.07, 6.45) is -4.35. The molecule has 1 aromatic heterocycles. The van der Waals surface area contributed by atoms with E-state index in [0.29, 0.717) is 11.0 Å². The van der Waals surface area contributed by atoms with Crippen LogP contribution in [0.25, 0.3) is 4.91 Å². The summed E-state index contributed by atoms with van der Waals surface area (Å²) < 4.78 is 35.5. The number of allylic oxidation sites excluding steroid dienone is 1. The Hall–Kier alpha value is -0.750. The predicted molar refractivity (Wildman–Crippen MR) is 52.3 cm³/mol. The van der Waals surface area contributed by atoms with Gasteiger partial charge in [0.05, 0.1) is 0 Å². The molecule has 1 heterocycles. The van der Waals surface area contributed by atoms with E-state index in [-0.39, 0.29) is 4.91 Å². The number of thiol groups is 1. The zero-order valence-electron chi connectivity index (χ0n) is 6.71. The minimum absolute atomic E-state index is 0.0299. The molecular formula is C8H5F3OS2. The number of carbonyl (C=O) groups is 1. The molecule has 0 amide bonds. The van der Waals surface area contributed by atoms with Crippen molar-refractivity contribution in [1.29, 1.82) is 0 Å². The summed E-state index contributed by atoms with van der Waals surface area (Å²) in [5, 5.41) is 1.69. The molecule has 1 aromatic rings. The first-order valence-electron chi connectivity index (χ1n) is 3.47. The first-order chi connectivity index (χ1) is 6.41. The van der Waals surface area contributed by atoms with Gasteiger partial charge in [-0.15, -0.1) is 24.0 Å². The third-order valence-electron chi connectivity index (χ3n) is 1.32. The number of rotatable bonds is 2. The van der Waals surface area contributed by atoms with Crippen LogP contribution in [0.15, 0.2) is 23.6 Å². The summed E-state index contributed by atoms with van der Waals surface area (Å²) in [7, 11) is 0. The Kier molecular flexibility index (Phi) is 3.38. The van der Waals surface area contributed by atoms with Crippen LogP contribution in [0, 0.1) is 0 Å². The van der Waals surface area contributed by atoms with Gasteiger partial charge in [-0.25, -0.2) is 0 Å². The topological polar surface area (TPSA) is 17.1 Å².